The molecule has 0 aliphatic heterocycles. The van der Waals surface area contributed by atoms with Crippen LogP contribution in [0.25, 0.3) is 11.2 Å². The van der Waals surface area contributed by atoms with E-state index in [9.17, 15) is 9.59 Å². The lowest BCUT2D eigenvalue weighted by Gasteiger charge is -2.00. The van der Waals surface area contributed by atoms with Crippen molar-refractivity contribution >= 4 is 11.2 Å². The molecule has 0 atom stereocenters. The van der Waals surface area contributed by atoms with Crippen LogP contribution in [0.4, 0.5) is 0 Å². The molecule has 0 spiro atoms. The molecular formula is C10H18N4O2. The molecule has 0 fully saturated rings. The third kappa shape index (κ3) is 1.66. The average Bonchev–Trinajstić information content (AvgIpc) is 2.68. The maximum absolute atomic E-state index is 11.6. The molecule has 0 radical (unpaired) electrons. The van der Waals surface area contributed by atoms with E-state index in [0.29, 0.717) is 17.0 Å². The van der Waals surface area contributed by atoms with Crippen molar-refractivity contribution in [2.75, 3.05) is 0 Å². The van der Waals surface area contributed by atoms with E-state index in [1.54, 1.807) is 14.0 Å². The highest BCUT2D eigenvalue weighted by molar-refractivity contribution is 5.69. The molecule has 1 N–H and O–H groups in total. The summed E-state index contributed by atoms with van der Waals surface area (Å²) in [7, 11) is 3.03. The van der Waals surface area contributed by atoms with Gasteiger partial charge in [0.2, 0.25) is 0 Å². The van der Waals surface area contributed by atoms with E-state index in [2.05, 4.69) is 9.97 Å². The summed E-state index contributed by atoms with van der Waals surface area (Å²) in [4.78, 5) is 30.0. The number of nitrogens with zero attached hydrogens (tertiary/aromatic N) is 3. The van der Waals surface area contributed by atoms with E-state index in [4.69, 9.17) is 0 Å². The van der Waals surface area contributed by atoms with Gasteiger partial charge < -0.3 is 4.98 Å². The van der Waals surface area contributed by atoms with Crippen LogP contribution in [-0.2, 0) is 14.1 Å². The molecule has 6 heteroatoms. The van der Waals surface area contributed by atoms with Gasteiger partial charge in [0, 0.05) is 15.5 Å². The van der Waals surface area contributed by atoms with Gasteiger partial charge in [0.1, 0.15) is 11.3 Å². The smallest absolute Gasteiger partial charge is 0.332 e. The molecule has 0 aliphatic rings. The molecule has 90 valence electrons. The molecule has 0 amide bonds. The lowest BCUT2D eigenvalue weighted by Crippen LogP contribution is -2.36. The number of hydrogen-bond acceptors (Lipinski definition) is 3. The monoisotopic (exact) mass is 226 g/mol. The number of aromatic nitrogens is 4. The third-order valence-corrected chi connectivity index (χ3v) is 2.21. The second-order valence-electron chi connectivity index (χ2n) is 3.23. The number of aromatic amines is 1. The van der Waals surface area contributed by atoms with Crippen molar-refractivity contribution in [1.29, 1.82) is 0 Å². The molecule has 6 nitrogen and oxygen atoms in total. The molecule has 0 aromatic carbocycles. The Morgan fingerprint density at radius 3 is 2.31 bits per heavy atom. The normalized spacial score (nSPS) is 10.1. The highest BCUT2D eigenvalue weighted by Crippen LogP contribution is 2.01. The van der Waals surface area contributed by atoms with Crippen molar-refractivity contribution in [3.05, 3.63) is 26.7 Å². The van der Waals surface area contributed by atoms with Gasteiger partial charge in [-0.2, -0.15) is 0 Å². The Hall–Kier alpha value is -1.85. The molecule has 2 rings (SSSR count). The summed E-state index contributed by atoms with van der Waals surface area (Å²) in [5, 5.41) is 0. The lowest BCUT2D eigenvalue weighted by molar-refractivity contribution is 0.708. The molecule has 0 aliphatic carbocycles. The summed E-state index contributed by atoms with van der Waals surface area (Å²) in [6.45, 7) is 5.74. The van der Waals surface area contributed by atoms with Crippen molar-refractivity contribution in [2.24, 2.45) is 14.1 Å². The summed E-state index contributed by atoms with van der Waals surface area (Å²) in [6, 6.07) is 0. The fraction of sp³-hybridized carbons (Fsp3) is 0.500. The van der Waals surface area contributed by atoms with Crippen molar-refractivity contribution < 1.29 is 1.43 Å². The summed E-state index contributed by atoms with van der Waals surface area (Å²) in [5.41, 5.74) is 0.0559. The van der Waals surface area contributed by atoms with E-state index >= 15 is 0 Å². The minimum atomic E-state index is -0.367. The van der Waals surface area contributed by atoms with Crippen LogP contribution in [0.1, 0.15) is 21.1 Å². The minimum absolute atomic E-state index is 0. The second-order valence-corrected chi connectivity index (χ2v) is 3.23. The predicted octanol–water partition coefficient (Wildman–Crippen LogP) is 0.541. The van der Waals surface area contributed by atoms with Crippen LogP contribution >= 0.6 is 0 Å². The van der Waals surface area contributed by atoms with Crippen LogP contribution in [0.5, 0.6) is 0 Å². The highest BCUT2D eigenvalue weighted by atomic mass is 16.2. The van der Waals surface area contributed by atoms with Gasteiger partial charge in [-0.3, -0.25) is 13.9 Å². The summed E-state index contributed by atoms with van der Waals surface area (Å²) in [5.74, 6) is 0.623. The zero-order valence-electron chi connectivity index (χ0n) is 10.2. The standard InChI is InChI=1S/C8H10N4O2.C2H6.H2/c1-4-9-5-6(10-4)11(2)8(14)12(3)7(5)13;1-2;/h1-3H3,(H,9,10);1-2H3;1H. The van der Waals surface area contributed by atoms with E-state index < -0.39 is 0 Å². The Morgan fingerprint density at radius 1 is 1.19 bits per heavy atom. The van der Waals surface area contributed by atoms with Crippen molar-refractivity contribution in [1.82, 2.24) is 19.1 Å². The molecular weight excluding hydrogens is 208 g/mol. The Morgan fingerprint density at radius 2 is 1.75 bits per heavy atom. The Bertz CT molecular complexity index is 623. The molecule has 2 heterocycles. The lowest BCUT2D eigenvalue weighted by atomic mass is 10.5. The van der Waals surface area contributed by atoms with Gasteiger partial charge in [0.15, 0.2) is 5.65 Å². The van der Waals surface area contributed by atoms with Crippen molar-refractivity contribution in [3.8, 4) is 0 Å². The van der Waals surface area contributed by atoms with Crippen molar-refractivity contribution in [3.63, 3.8) is 0 Å². The van der Waals surface area contributed by atoms with Crippen LogP contribution in [-0.4, -0.2) is 19.1 Å². The molecule has 0 saturated heterocycles. The van der Waals surface area contributed by atoms with Gasteiger partial charge in [-0.25, -0.2) is 9.78 Å². The predicted molar refractivity (Wildman–Crippen MR) is 64.8 cm³/mol. The zero-order chi connectivity index (χ0) is 12.5. The van der Waals surface area contributed by atoms with Gasteiger partial charge in [-0.1, -0.05) is 13.8 Å². The topological polar surface area (TPSA) is 72.7 Å². The molecule has 0 saturated carbocycles. The van der Waals surface area contributed by atoms with Crippen molar-refractivity contribution in [2.45, 2.75) is 20.8 Å². The van der Waals surface area contributed by atoms with Gasteiger partial charge in [0.25, 0.3) is 5.56 Å². The number of nitrogens with one attached hydrogen (secondary N) is 1. The second kappa shape index (κ2) is 4.34. The molecule has 16 heavy (non-hydrogen) atoms. The number of aryl methyl sites for hydroxylation is 2. The van der Waals surface area contributed by atoms with Crippen LogP contribution < -0.4 is 11.2 Å². The van der Waals surface area contributed by atoms with Gasteiger partial charge in [-0.05, 0) is 6.92 Å². The largest absolute Gasteiger partial charge is 0.336 e. The SMILES string of the molecule is CC.Cc1nc2c([nH]1)c(=O)n(C)c(=O)n2C.[HH]. The first kappa shape index (κ1) is 12.2. The van der Waals surface area contributed by atoms with Gasteiger partial charge >= 0.3 is 5.69 Å². The Balaban J connectivity index is 0.000000811. The maximum atomic E-state index is 11.6. The summed E-state index contributed by atoms with van der Waals surface area (Å²) in [6.07, 6.45) is 0. The highest BCUT2D eigenvalue weighted by Gasteiger charge is 2.10. The van der Waals surface area contributed by atoms with Crippen LogP contribution in [0.2, 0.25) is 0 Å². The fourth-order valence-electron chi connectivity index (χ4n) is 1.44. The fourth-order valence-corrected chi connectivity index (χ4v) is 1.44. The van der Waals surface area contributed by atoms with Gasteiger partial charge in [-0.15, -0.1) is 0 Å². The summed E-state index contributed by atoms with van der Waals surface area (Å²) >= 11 is 0. The molecule has 2 aromatic heterocycles. The van der Waals surface area contributed by atoms with E-state index in [1.165, 1.54) is 11.6 Å². The van der Waals surface area contributed by atoms with E-state index in [0.717, 1.165) is 4.57 Å². The molecule has 0 bridgehead atoms. The first-order valence-electron chi connectivity index (χ1n) is 5.14. The summed E-state index contributed by atoms with van der Waals surface area (Å²) < 4.78 is 2.40. The van der Waals surface area contributed by atoms with Crippen LogP contribution in [0, 0.1) is 6.92 Å². The number of hydrogen-bond donors (Lipinski definition) is 1. The van der Waals surface area contributed by atoms with Crippen LogP contribution in [0.15, 0.2) is 9.59 Å². The Kier molecular flexibility index (Phi) is 3.31. The van der Waals surface area contributed by atoms with E-state index in [-0.39, 0.29) is 12.7 Å². The van der Waals surface area contributed by atoms with Gasteiger partial charge in [0.05, 0.1) is 0 Å². The van der Waals surface area contributed by atoms with Crippen LogP contribution in [0.3, 0.4) is 0 Å². The first-order chi connectivity index (χ1) is 7.52. The number of fused-ring (bicyclic) bond motifs is 1. The zero-order valence-corrected chi connectivity index (χ0v) is 10.2. The third-order valence-electron chi connectivity index (χ3n) is 2.21. The minimum Gasteiger partial charge on any atom is -0.336 e. The average molecular weight is 226 g/mol. The molecule has 0 unspecified atom stereocenters. The number of imidazole rings is 1. The number of rotatable bonds is 0. The first-order valence-corrected chi connectivity index (χ1v) is 5.14. The number of H-pyrrole nitrogens is 1. The van der Waals surface area contributed by atoms with E-state index in [1.807, 2.05) is 13.8 Å². The quantitative estimate of drug-likeness (QED) is 0.712. The maximum Gasteiger partial charge on any atom is 0.332 e. The Labute approximate surface area is 94.0 Å². The molecule has 2 aromatic rings.